The van der Waals surface area contributed by atoms with Crippen molar-refractivity contribution in [1.82, 2.24) is 0 Å². The molecule has 2 heteroatoms. The summed E-state index contributed by atoms with van der Waals surface area (Å²) >= 11 is 6.01. The first-order chi connectivity index (χ1) is 7.25. The quantitative estimate of drug-likeness (QED) is 0.506. The Balaban J connectivity index is 2.33. The summed E-state index contributed by atoms with van der Waals surface area (Å²) < 4.78 is 2.51. The second-order valence-corrected chi connectivity index (χ2v) is 5.85. The van der Waals surface area contributed by atoms with Gasteiger partial charge in [0.1, 0.15) is 0 Å². The molecule has 0 nitrogen and oxygen atoms in total. The maximum absolute atomic E-state index is 3.64. The molecule has 74 valence electrons. The summed E-state index contributed by atoms with van der Waals surface area (Å²) in [6, 6.07) is 13.1. The number of rotatable bonds is 0. The van der Waals surface area contributed by atoms with Gasteiger partial charge in [-0.15, -0.1) is 0 Å². The lowest BCUT2D eigenvalue weighted by atomic mass is 10.1. The van der Waals surface area contributed by atoms with Crippen molar-refractivity contribution in [2.45, 2.75) is 6.42 Å². The summed E-state index contributed by atoms with van der Waals surface area (Å²) in [5.74, 6) is 0. The first kappa shape index (κ1) is 9.85. The van der Waals surface area contributed by atoms with Crippen molar-refractivity contribution in [3.8, 4) is 11.1 Å². The van der Waals surface area contributed by atoms with E-state index in [0.29, 0.717) is 0 Å². The molecule has 1 aliphatic rings. The van der Waals surface area contributed by atoms with Crippen molar-refractivity contribution in [1.29, 1.82) is 0 Å². The van der Waals surface area contributed by atoms with Crippen molar-refractivity contribution in [2.24, 2.45) is 0 Å². The van der Waals surface area contributed by atoms with E-state index in [4.69, 9.17) is 0 Å². The number of hydrogen-bond acceptors (Lipinski definition) is 0. The lowest BCUT2D eigenvalue weighted by Crippen LogP contribution is -1.80. The molecule has 0 bridgehead atoms. The van der Waals surface area contributed by atoms with Gasteiger partial charge in [-0.05, 0) is 69.5 Å². The fourth-order valence-corrected chi connectivity index (χ4v) is 3.27. The lowest BCUT2D eigenvalue weighted by molar-refractivity contribution is 1.26. The average molecular weight is 371 g/mol. The highest BCUT2D eigenvalue weighted by Gasteiger charge is 2.20. The van der Waals surface area contributed by atoms with Crippen LogP contribution >= 0.6 is 38.5 Å². The normalized spacial score (nSPS) is 12.4. The molecule has 15 heavy (non-hydrogen) atoms. The maximum atomic E-state index is 3.64. The average Bonchev–Trinajstić information content (AvgIpc) is 2.57. The van der Waals surface area contributed by atoms with Gasteiger partial charge in [-0.2, -0.15) is 0 Å². The highest BCUT2D eigenvalue weighted by atomic mass is 127. The van der Waals surface area contributed by atoms with Crippen LogP contribution in [-0.2, 0) is 6.42 Å². The van der Waals surface area contributed by atoms with Gasteiger partial charge in [-0.25, -0.2) is 0 Å². The van der Waals surface area contributed by atoms with Gasteiger partial charge in [0.2, 0.25) is 0 Å². The van der Waals surface area contributed by atoms with Crippen molar-refractivity contribution in [2.75, 3.05) is 0 Å². The van der Waals surface area contributed by atoms with Gasteiger partial charge in [0, 0.05) is 8.04 Å². The minimum Gasteiger partial charge on any atom is -0.0608 e. The van der Waals surface area contributed by atoms with Crippen molar-refractivity contribution in [3.63, 3.8) is 0 Å². The van der Waals surface area contributed by atoms with E-state index in [1.165, 1.54) is 30.3 Å². The Labute approximate surface area is 111 Å². The summed E-state index contributed by atoms with van der Waals surface area (Å²) in [5.41, 5.74) is 5.65. The minimum absolute atomic E-state index is 1.07. The summed E-state index contributed by atoms with van der Waals surface area (Å²) in [4.78, 5) is 0. The molecular weight excluding hydrogens is 363 g/mol. The largest absolute Gasteiger partial charge is 0.0608 e. The Bertz CT molecular complexity index is 546. The standard InChI is InChI=1S/C13H8BrI/c14-12-3-1-2-9-6-8-4-5-10(15)7-11(8)13(9)12/h1-5,7H,6H2. The first-order valence-corrected chi connectivity index (χ1v) is 6.69. The van der Waals surface area contributed by atoms with E-state index in [2.05, 4.69) is 74.9 Å². The van der Waals surface area contributed by atoms with Crippen LogP contribution in [0.2, 0.25) is 0 Å². The molecule has 3 rings (SSSR count). The van der Waals surface area contributed by atoms with E-state index < -0.39 is 0 Å². The van der Waals surface area contributed by atoms with Crippen LogP contribution < -0.4 is 0 Å². The molecule has 0 unspecified atom stereocenters. The van der Waals surface area contributed by atoms with Crippen molar-refractivity contribution < 1.29 is 0 Å². The number of fused-ring (bicyclic) bond motifs is 3. The smallest absolute Gasteiger partial charge is 0.0256 e. The lowest BCUT2D eigenvalue weighted by Gasteiger charge is -2.03. The van der Waals surface area contributed by atoms with Gasteiger partial charge in [0.15, 0.2) is 0 Å². The third-order valence-electron chi connectivity index (χ3n) is 2.82. The molecule has 0 saturated heterocycles. The van der Waals surface area contributed by atoms with Gasteiger partial charge in [-0.3, -0.25) is 0 Å². The van der Waals surface area contributed by atoms with Crippen molar-refractivity contribution >= 4 is 38.5 Å². The molecule has 0 spiro atoms. The zero-order valence-electron chi connectivity index (χ0n) is 7.93. The summed E-state index contributed by atoms with van der Waals surface area (Å²) in [6.45, 7) is 0. The third-order valence-corrected chi connectivity index (χ3v) is 4.15. The Kier molecular flexibility index (Phi) is 2.36. The van der Waals surface area contributed by atoms with Gasteiger partial charge in [-0.1, -0.05) is 34.1 Å². The van der Waals surface area contributed by atoms with Crippen LogP contribution in [0.15, 0.2) is 40.9 Å². The third kappa shape index (κ3) is 1.54. The van der Waals surface area contributed by atoms with Gasteiger partial charge in [0.05, 0.1) is 0 Å². The molecule has 0 aromatic heterocycles. The monoisotopic (exact) mass is 370 g/mol. The maximum Gasteiger partial charge on any atom is 0.0256 e. The Morgan fingerprint density at radius 2 is 1.93 bits per heavy atom. The number of hydrogen-bond donors (Lipinski definition) is 0. The molecule has 0 amide bonds. The van der Waals surface area contributed by atoms with Crippen LogP contribution in [0, 0.1) is 3.57 Å². The molecule has 0 fully saturated rings. The predicted octanol–water partition coefficient (Wildman–Crippen LogP) is 4.62. The zero-order valence-corrected chi connectivity index (χ0v) is 11.7. The highest BCUT2D eigenvalue weighted by molar-refractivity contribution is 14.1. The van der Waals surface area contributed by atoms with E-state index >= 15 is 0 Å². The SMILES string of the molecule is Brc1cccc2c1-c1cc(I)ccc1C2. The fraction of sp³-hybridized carbons (Fsp3) is 0.0769. The van der Waals surface area contributed by atoms with Crippen LogP contribution in [0.5, 0.6) is 0 Å². The number of benzene rings is 2. The fourth-order valence-electron chi connectivity index (χ4n) is 2.16. The second kappa shape index (κ2) is 3.59. The predicted molar refractivity (Wildman–Crippen MR) is 75.1 cm³/mol. The van der Waals surface area contributed by atoms with Crippen LogP contribution in [0.25, 0.3) is 11.1 Å². The molecule has 2 aromatic rings. The molecule has 1 aliphatic carbocycles. The number of halogens is 2. The summed E-state index contributed by atoms with van der Waals surface area (Å²) in [6.07, 6.45) is 1.07. The van der Waals surface area contributed by atoms with E-state index in [0.717, 1.165) is 6.42 Å². The van der Waals surface area contributed by atoms with Crippen LogP contribution in [0.1, 0.15) is 11.1 Å². The van der Waals surface area contributed by atoms with E-state index in [-0.39, 0.29) is 0 Å². The molecular formula is C13H8BrI. The first-order valence-electron chi connectivity index (χ1n) is 4.82. The summed E-state index contributed by atoms with van der Waals surface area (Å²) in [5, 5.41) is 0. The zero-order chi connectivity index (χ0) is 10.4. The molecule has 0 heterocycles. The molecule has 0 N–H and O–H groups in total. The van der Waals surface area contributed by atoms with E-state index in [1.54, 1.807) is 0 Å². The van der Waals surface area contributed by atoms with Crippen LogP contribution in [-0.4, -0.2) is 0 Å². The highest BCUT2D eigenvalue weighted by Crippen LogP contribution is 2.41. The van der Waals surface area contributed by atoms with Gasteiger partial charge in [0.25, 0.3) is 0 Å². The molecule has 0 radical (unpaired) electrons. The minimum atomic E-state index is 1.07. The molecule has 0 saturated carbocycles. The Hall–Kier alpha value is -0.350. The Morgan fingerprint density at radius 3 is 2.80 bits per heavy atom. The molecule has 0 aliphatic heterocycles. The summed E-state index contributed by atoms with van der Waals surface area (Å²) in [7, 11) is 0. The van der Waals surface area contributed by atoms with E-state index in [9.17, 15) is 0 Å². The molecule has 0 atom stereocenters. The topological polar surface area (TPSA) is 0 Å². The molecule has 2 aromatic carbocycles. The van der Waals surface area contributed by atoms with Crippen molar-refractivity contribution in [3.05, 3.63) is 55.6 Å². The van der Waals surface area contributed by atoms with Gasteiger partial charge < -0.3 is 0 Å². The van der Waals surface area contributed by atoms with E-state index in [1.807, 2.05) is 0 Å². The van der Waals surface area contributed by atoms with Crippen LogP contribution in [0.4, 0.5) is 0 Å². The Morgan fingerprint density at radius 1 is 1.07 bits per heavy atom. The van der Waals surface area contributed by atoms with Gasteiger partial charge >= 0.3 is 0 Å². The van der Waals surface area contributed by atoms with Crippen LogP contribution in [0.3, 0.4) is 0 Å². The second-order valence-electron chi connectivity index (χ2n) is 3.75.